The minimum absolute atomic E-state index is 0.0508. The van der Waals surface area contributed by atoms with Crippen molar-refractivity contribution in [3.05, 3.63) is 0 Å². The van der Waals surface area contributed by atoms with E-state index in [0.29, 0.717) is 19.4 Å². The average Bonchev–Trinajstić information content (AvgIpc) is 3.10. The molecule has 100 valence electrons. The van der Waals surface area contributed by atoms with Crippen molar-refractivity contribution in [1.29, 1.82) is 0 Å². The molecule has 18 heavy (non-hydrogen) atoms. The smallest absolute Gasteiger partial charge is 0.459 e. The lowest BCUT2D eigenvalue weighted by atomic mass is 9.66. The Balaban J connectivity index is 1.71. The van der Waals surface area contributed by atoms with Gasteiger partial charge in [0.15, 0.2) is 0 Å². The molecule has 2 aliphatic rings. The average molecular weight is 255 g/mol. The van der Waals surface area contributed by atoms with E-state index in [1.165, 1.54) is 0 Å². The number of carbonyl (C=O) groups excluding carboxylic acids is 1. The fourth-order valence-electron chi connectivity index (χ4n) is 2.19. The number of carboxylic acids is 1. The van der Waals surface area contributed by atoms with Crippen LogP contribution in [-0.4, -0.2) is 41.8 Å². The van der Waals surface area contributed by atoms with E-state index in [4.69, 9.17) is 9.76 Å². The molecule has 1 unspecified atom stereocenters. The Bertz CT molecular complexity index is 333. The van der Waals surface area contributed by atoms with Gasteiger partial charge in [0.1, 0.15) is 0 Å². The summed E-state index contributed by atoms with van der Waals surface area (Å²) >= 11 is 0. The van der Waals surface area contributed by atoms with E-state index in [1.54, 1.807) is 0 Å². The highest BCUT2D eigenvalue weighted by molar-refractivity contribution is 6.45. The van der Waals surface area contributed by atoms with Crippen molar-refractivity contribution in [3.8, 4) is 0 Å². The molecule has 1 amide bonds. The molecular formula is C11H18BNO5. The predicted octanol–water partition coefficient (Wildman–Crippen LogP) is 0.0170. The van der Waals surface area contributed by atoms with E-state index in [2.05, 4.69) is 5.32 Å². The summed E-state index contributed by atoms with van der Waals surface area (Å²) in [7, 11) is -0.984. The number of nitrogens with one attached hydrogen (secondary N) is 1. The van der Waals surface area contributed by atoms with E-state index < -0.39 is 19.2 Å². The summed E-state index contributed by atoms with van der Waals surface area (Å²) in [4.78, 5) is 22.0. The number of carbonyl (C=O) groups is 2. The van der Waals surface area contributed by atoms with Crippen LogP contribution in [0.15, 0.2) is 0 Å². The number of hydrogen-bond acceptors (Lipinski definition) is 4. The van der Waals surface area contributed by atoms with Gasteiger partial charge in [0.25, 0.3) is 0 Å². The van der Waals surface area contributed by atoms with Crippen molar-refractivity contribution in [2.24, 2.45) is 5.92 Å². The zero-order valence-corrected chi connectivity index (χ0v) is 10.2. The summed E-state index contributed by atoms with van der Waals surface area (Å²) < 4.78 is 5.24. The van der Waals surface area contributed by atoms with Crippen LogP contribution in [0.25, 0.3) is 0 Å². The van der Waals surface area contributed by atoms with Crippen molar-refractivity contribution < 1.29 is 24.4 Å². The van der Waals surface area contributed by atoms with Crippen LogP contribution in [0.5, 0.6) is 0 Å². The SMILES string of the molecule is O=C(O)CC1CC[C@H](CNC(=O)C2CC2)B(O)O1. The molecule has 1 heterocycles. The van der Waals surface area contributed by atoms with Crippen molar-refractivity contribution in [2.75, 3.05) is 6.54 Å². The number of carboxylic acid groups (broad SMARTS) is 1. The highest BCUT2D eigenvalue weighted by atomic mass is 16.5. The number of aliphatic carboxylic acids is 1. The Morgan fingerprint density at radius 2 is 2.00 bits per heavy atom. The standard InChI is InChI=1S/C11H18BNO5/c14-10(15)5-9-4-3-8(12(17)18-9)6-13-11(16)7-1-2-7/h7-9,17H,1-6H2,(H,13,16)(H,14,15)/t8-,9?/m1/s1. The first-order valence-corrected chi connectivity index (χ1v) is 6.39. The summed E-state index contributed by atoms with van der Waals surface area (Å²) in [6.07, 6.45) is 2.68. The molecule has 0 radical (unpaired) electrons. The Hall–Kier alpha value is -1.08. The Labute approximate surface area is 106 Å². The van der Waals surface area contributed by atoms with Crippen molar-refractivity contribution >= 4 is 19.0 Å². The second kappa shape index (κ2) is 5.71. The summed E-state index contributed by atoms with van der Waals surface area (Å²) in [5.41, 5.74) is 0. The Kier molecular flexibility index (Phi) is 4.24. The van der Waals surface area contributed by atoms with Crippen LogP contribution < -0.4 is 5.32 Å². The quantitative estimate of drug-likeness (QED) is 0.602. The van der Waals surface area contributed by atoms with Gasteiger partial charge in [-0.2, -0.15) is 0 Å². The van der Waals surface area contributed by atoms with E-state index in [9.17, 15) is 14.6 Å². The fourth-order valence-corrected chi connectivity index (χ4v) is 2.19. The molecule has 7 heteroatoms. The lowest BCUT2D eigenvalue weighted by Gasteiger charge is -2.30. The summed E-state index contributed by atoms with van der Waals surface area (Å²) in [5.74, 6) is -0.855. The lowest BCUT2D eigenvalue weighted by molar-refractivity contribution is -0.139. The molecule has 1 aliphatic carbocycles. The molecule has 1 saturated carbocycles. The largest absolute Gasteiger partial charge is 0.481 e. The predicted molar refractivity (Wildman–Crippen MR) is 63.8 cm³/mol. The number of amides is 1. The third-order valence-electron chi connectivity index (χ3n) is 3.48. The molecule has 1 saturated heterocycles. The van der Waals surface area contributed by atoms with Gasteiger partial charge in [-0.3, -0.25) is 9.59 Å². The third kappa shape index (κ3) is 3.71. The zero-order chi connectivity index (χ0) is 13.1. The monoisotopic (exact) mass is 255 g/mol. The van der Waals surface area contributed by atoms with Gasteiger partial charge in [-0.25, -0.2) is 0 Å². The Morgan fingerprint density at radius 3 is 2.56 bits per heavy atom. The van der Waals surface area contributed by atoms with Gasteiger partial charge < -0.3 is 20.1 Å². The van der Waals surface area contributed by atoms with Crippen LogP contribution in [0.1, 0.15) is 32.1 Å². The van der Waals surface area contributed by atoms with Crippen LogP contribution in [0.2, 0.25) is 5.82 Å². The molecule has 1 aliphatic heterocycles. The van der Waals surface area contributed by atoms with Crippen LogP contribution >= 0.6 is 0 Å². The maximum atomic E-state index is 11.5. The first kappa shape index (κ1) is 13.4. The molecule has 2 atom stereocenters. The van der Waals surface area contributed by atoms with Gasteiger partial charge in [-0.1, -0.05) is 0 Å². The van der Waals surface area contributed by atoms with E-state index in [-0.39, 0.29) is 24.1 Å². The fraction of sp³-hybridized carbons (Fsp3) is 0.818. The lowest BCUT2D eigenvalue weighted by Crippen LogP contribution is -2.42. The summed E-state index contributed by atoms with van der Waals surface area (Å²) in [6, 6.07) is 0. The number of rotatable bonds is 5. The molecular weight excluding hydrogens is 237 g/mol. The van der Waals surface area contributed by atoms with Crippen LogP contribution in [0.3, 0.4) is 0 Å². The summed E-state index contributed by atoms with van der Waals surface area (Å²) in [5, 5.41) is 21.2. The number of hydrogen-bond donors (Lipinski definition) is 3. The Morgan fingerprint density at radius 1 is 1.28 bits per heavy atom. The van der Waals surface area contributed by atoms with Gasteiger partial charge >= 0.3 is 13.1 Å². The van der Waals surface area contributed by atoms with Crippen molar-refractivity contribution in [3.63, 3.8) is 0 Å². The van der Waals surface area contributed by atoms with Gasteiger partial charge in [0.05, 0.1) is 12.5 Å². The molecule has 0 aromatic rings. The molecule has 2 rings (SSSR count). The van der Waals surface area contributed by atoms with Gasteiger partial charge in [-0.15, -0.1) is 0 Å². The van der Waals surface area contributed by atoms with Gasteiger partial charge in [0.2, 0.25) is 5.91 Å². The molecule has 0 aromatic heterocycles. The topological polar surface area (TPSA) is 95.9 Å². The maximum absolute atomic E-state index is 11.5. The van der Waals surface area contributed by atoms with Gasteiger partial charge in [-0.05, 0) is 25.7 Å². The van der Waals surface area contributed by atoms with Crippen molar-refractivity contribution in [2.45, 2.75) is 44.0 Å². The zero-order valence-electron chi connectivity index (χ0n) is 10.2. The first-order valence-electron chi connectivity index (χ1n) is 6.39. The molecule has 6 nitrogen and oxygen atoms in total. The molecule has 2 fully saturated rings. The van der Waals surface area contributed by atoms with E-state index >= 15 is 0 Å². The molecule has 0 bridgehead atoms. The minimum Gasteiger partial charge on any atom is -0.481 e. The highest BCUT2D eigenvalue weighted by Crippen LogP contribution is 2.30. The molecule has 0 aromatic carbocycles. The molecule has 0 spiro atoms. The van der Waals surface area contributed by atoms with Crippen LogP contribution in [0.4, 0.5) is 0 Å². The normalized spacial score (nSPS) is 27.9. The van der Waals surface area contributed by atoms with E-state index in [1.807, 2.05) is 0 Å². The van der Waals surface area contributed by atoms with Crippen molar-refractivity contribution in [1.82, 2.24) is 5.32 Å². The van der Waals surface area contributed by atoms with Gasteiger partial charge in [0, 0.05) is 18.3 Å². The molecule has 3 N–H and O–H groups in total. The maximum Gasteiger partial charge on any atom is 0.459 e. The second-order valence-electron chi connectivity index (χ2n) is 5.10. The third-order valence-corrected chi connectivity index (χ3v) is 3.48. The summed E-state index contributed by atoms with van der Waals surface area (Å²) in [6.45, 7) is 0.399. The minimum atomic E-state index is -0.984. The van der Waals surface area contributed by atoms with Crippen LogP contribution in [-0.2, 0) is 14.2 Å². The van der Waals surface area contributed by atoms with E-state index in [0.717, 1.165) is 12.8 Å². The first-order chi connectivity index (χ1) is 8.56. The second-order valence-corrected chi connectivity index (χ2v) is 5.10. The highest BCUT2D eigenvalue weighted by Gasteiger charge is 2.37. The van der Waals surface area contributed by atoms with Crippen LogP contribution in [0, 0.1) is 5.92 Å².